The van der Waals surface area contributed by atoms with E-state index in [1.54, 1.807) is 0 Å². The second-order valence-electron chi connectivity index (χ2n) is 5.78. The van der Waals surface area contributed by atoms with Gasteiger partial charge in [-0.2, -0.15) is 0 Å². The first-order valence-corrected chi connectivity index (χ1v) is 7.31. The third-order valence-electron chi connectivity index (χ3n) is 3.92. The van der Waals surface area contributed by atoms with Crippen LogP contribution in [0.15, 0.2) is 18.2 Å². The smallest absolute Gasteiger partial charge is 0.123 e. The number of rotatable bonds is 6. The minimum atomic E-state index is 0.419. The van der Waals surface area contributed by atoms with E-state index in [0.717, 1.165) is 18.2 Å². The second kappa shape index (κ2) is 5.31. The highest BCUT2D eigenvalue weighted by Crippen LogP contribution is 2.31. The molecule has 0 saturated heterocycles. The van der Waals surface area contributed by atoms with E-state index in [4.69, 9.17) is 4.74 Å². The van der Waals surface area contributed by atoms with Gasteiger partial charge in [-0.25, -0.2) is 0 Å². The van der Waals surface area contributed by atoms with E-state index in [9.17, 15) is 0 Å². The quantitative estimate of drug-likeness (QED) is 0.777. The van der Waals surface area contributed by atoms with Gasteiger partial charge in [-0.15, -0.1) is 0 Å². The van der Waals surface area contributed by atoms with Crippen LogP contribution in [0.5, 0.6) is 5.75 Å². The van der Waals surface area contributed by atoms with Crippen LogP contribution in [0.25, 0.3) is 0 Å². The normalized spacial score (nSPS) is 21.7. The zero-order chi connectivity index (χ0) is 12.4. The standard InChI is InChI=1S/C16H23NO/c1-12-5-8-16-13(10-12)11-15(18-16)4-2-3-9-17-14-6-7-14/h5,8,10,14-15,17H,2-4,6-7,9,11H2,1H3. The number of ether oxygens (including phenoxy) is 1. The molecule has 98 valence electrons. The number of hydrogen-bond donors (Lipinski definition) is 1. The largest absolute Gasteiger partial charge is 0.490 e. The summed E-state index contributed by atoms with van der Waals surface area (Å²) in [5.74, 6) is 1.11. The van der Waals surface area contributed by atoms with Crippen molar-refractivity contribution in [3.05, 3.63) is 29.3 Å². The number of benzene rings is 1. The summed E-state index contributed by atoms with van der Waals surface area (Å²) in [4.78, 5) is 0. The lowest BCUT2D eigenvalue weighted by atomic mass is 10.0. The predicted octanol–water partition coefficient (Wildman–Crippen LogP) is 3.22. The van der Waals surface area contributed by atoms with Crippen LogP contribution in [-0.2, 0) is 6.42 Å². The summed E-state index contributed by atoms with van der Waals surface area (Å²) in [5, 5.41) is 3.57. The van der Waals surface area contributed by atoms with E-state index in [2.05, 4.69) is 30.4 Å². The number of aryl methyl sites for hydroxylation is 1. The van der Waals surface area contributed by atoms with Crippen LogP contribution < -0.4 is 10.1 Å². The molecule has 0 radical (unpaired) electrons. The van der Waals surface area contributed by atoms with Crippen LogP contribution in [-0.4, -0.2) is 18.7 Å². The summed E-state index contributed by atoms with van der Waals surface area (Å²) in [6.45, 7) is 3.33. The van der Waals surface area contributed by atoms with Crippen molar-refractivity contribution in [2.45, 2.75) is 57.6 Å². The Morgan fingerprint density at radius 3 is 3.00 bits per heavy atom. The molecule has 2 nitrogen and oxygen atoms in total. The molecular weight excluding hydrogens is 222 g/mol. The van der Waals surface area contributed by atoms with Crippen molar-refractivity contribution in [1.29, 1.82) is 0 Å². The number of hydrogen-bond acceptors (Lipinski definition) is 2. The number of unbranched alkanes of at least 4 members (excludes halogenated alkanes) is 1. The van der Waals surface area contributed by atoms with Gasteiger partial charge in [0.05, 0.1) is 0 Å². The molecule has 1 heterocycles. The van der Waals surface area contributed by atoms with Gasteiger partial charge < -0.3 is 10.1 Å². The zero-order valence-electron chi connectivity index (χ0n) is 11.2. The van der Waals surface area contributed by atoms with E-state index in [1.807, 2.05) is 0 Å². The SMILES string of the molecule is Cc1ccc2c(c1)CC(CCCCNC1CC1)O2. The molecule has 1 N–H and O–H groups in total. The number of nitrogens with one attached hydrogen (secondary N) is 1. The van der Waals surface area contributed by atoms with E-state index < -0.39 is 0 Å². The summed E-state index contributed by atoms with van der Waals surface area (Å²) in [7, 11) is 0. The van der Waals surface area contributed by atoms with E-state index in [-0.39, 0.29) is 0 Å². The molecule has 2 heteroatoms. The van der Waals surface area contributed by atoms with Crippen molar-refractivity contribution >= 4 is 0 Å². The Balaban J connectivity index is 1.37. The van der Waals surface area contributed by atoms with Gasteiger partial charge in [0.1, 0.15) is 11.9 Å². The molecule has 0 aromatic heterocycles. The van der Waals surface area contributed by atoms with Gasteiger partial charge >= 0.3 is 0 Å². The maximum absolute atomic E-state index is 5.98. The van der Waals surface area contributed by atoms with Gasteiger partial charge in [-0.05, 0) is 57.2 Å². The van der Waals surface area contributed by atoms with Crippen molar-refractivity contribution in [1.82, 2.24) is 5.32 Å². The van der Waals surface area contributed by atoms with Gasteiger partial charge in [0, 0.05) is 12.5 Å². The fraction of sp³-hybridized carbons (Fsp3) is 0.625. The topological polar surface area (TPSA) is 21.3 Å². The molecule has 1 aromatic rings. The molecule has 0 spiro atoms. The van der Waals surface area contributed by atoms with E-state index >= 15 is 0 Å². The third kappa shape index (κ3) is 3.05. The van der Waals surface area contributed by atoms with Crippen LogP contribution in [0.1, 0.15) is 43.2 Å². The summed E-state index contributed by atoms with van der Waals surface area (Å²) >= 11 is 0. The van der Waals surface area contributed by atoms with Crippen molar-refractivity contribution in [2.24, 2.45) is 0 Å². The van der Waals surface area contributed by atoms with Crippen molar-refractivity contribution in [3.8, 4) is 5.75 Å². The van der Waals surface area contributed by atoms with Gasteiger partial charge in [0.25, 0.3) is 0 Å². The molecule has 1 aliphatic carbocycles. The monoisotopic (exact) mass is 245 g/mol. The number of fused-ring (bicyclic) bond motifs is 1. The second-order valence-corrected chi connectivity index (χ2v) is 5.78. The summed E-state index contributed by atoms with van der Waals surface area (Å²) in [5.41, 5.74) is 2.74. The summed E-state index contributed by atoms with van der Waals surface area (Å²) < 4.78 is 5.98. The third-order valence-corrected chi connectivity index (χ3v) is 3.92. The molecule has 0 bridgehead atoms. The van der Waals surface area contributed by atoms with E-state index in [1.165, 1.54) is 49.8 Å². The Kier molecular flexibility index (Phi) is 3.55. The first-order valence-electron chi connectivity index (χ1n) is 7.31. The lowest BCUT2D eigenvalue weighted by Crippen LogP contribution is -2.18. The van der Waals surface area contributed by atoms with Gasteiger partial charge in [-0.1, -0.05) is 17.7 Å². The van der Waals surface area contributed by atoms with Crippen LogP contribution in [0.2, 0.25) is 0 Å². The molecule has 1 aromatic carbocycles. The molecule has 1 unspecified atom stereocenters. The minimum absolute atomic E-state index is 0.419. The van der Waals surface area contributed by atoms with Crippen molar-refractivity contribution < 1.29 is 4.74 Å². The molecule has 1 atom stereocenters. The Labute approximate surface area is 110 Å². The molecule has 1 saturated carbocycles. The van der Waals surface area contributed by atoms with Gasteiger partial charge in [0.15, 0.2) is 0 Å². The Morgan fingerprint density at radius 1 is 1.28 bits per heavy atom. The van der Waals surface area contributed by atoms with Crippen molar-refractivity contribution in [3.63, 3.8) is 0 Å². The molecule has 1 fully saturated rings. The molecule has 1 aliphatic heterocycles. The maximum atomic E-state index is 5.98. The minimum Gasteiger partial charge on any atom is -0.490 e. The van der Waals surface area contributed by atoms with Crippen LogP contribution in [0.3, 0.4) is 0 Å². The summed E-state index contributed by atoms with van der Waals surface area (Å²) in [6, 6.07) is 7.38. The zero-order valence-corrected chi connectivity index (χ0v) is 11.2. The fourth-order valence-corrected chi connectivity index (χ4v) is 2.70. The Hall–Kier alpha value is -1.02. The van der Waals surface area contributed by atoms with Crippen LogP contribution in [0, 0.1) is 6.92 Å². The average Bonchev–Trinajstić information content (AvgIpc) is 3.08. The molecular formula is C16H23NO. The van der Waals surface area contributed by atoms with Crippen LogP contribution in [0.4, 0.5) is 0 Å². The van der Waals surface area contributed by atoms with Crippen LogP contribution >= 0.6 is 0 Å². The van der Waals surface area contributed by atoms with Crippen molar-refractivity contribution in [2.75, 3.05) is 6.54 Å². The Bertz CT molecular complexity index is 412. The predicted molar refractivity (Wildman–Crippen MR) is 74.2 cm³/mol. The molecule has 18 heavy (non-hydrogen) atoms. The first kappa shape index (κ1) is 12.0. The van der Waals surface area contributed by atoms with E-state index in [0.29, 0.717) is 6.10 Å². The average molecular weight is 245 g/mol. The molecule has 2 aliphatic rings. The first-order chi connectivity index (χ1) is 8.81. The highest BCUT2D eigenvalue weighted by molar-refractivity contribution is 5.40. The molecule has 3 rings (SSSR count). The summed E-state index contributed by atoms with van der Waals surface area (Å²) in [6.07, 6.45) is 8.06. The highest BCUT2D eigenvalue weighted by Gasteiger charge is 2.22. The van der Waals surface area contributed by atoms with Gasteiger partial charge in [-0.3, -0.25) is 0 Å². The van der Waals surface area contributed by atoms with Gasteiger partial charge in [0.2, 0.25) is 0 Å². The highest BCUT2D eigenvalue weighted by atomic mass is 16.5. The fourth-order valence-electron chi connectivity index (χ4n) is 2.70. The lowest BCUT2D eigenvalue weighted by molar-refractivity contribution is 0.216. The molecule has 0 amide bonds. The maximum Gasteiger partial charge on any atom is 0.123 e. The Morgan fingerprint density at radius 2 is 2.17 bits per heavy atom. The lowest BCUT2D eigenvalue weighted by Gasteiger charge is -2.10.